The van der Waals surface area contributed by atoms with Crippen LogP contribution >= 0.6 is 22.9 Å². The molecule has 3 rings (SSSR count). The summed E-state index contributed by atoms with van der Waals surface area (Å²) in [6, 6.07) is 6.68. The van der Waals surface area contributed by atoms with Crippen molar-refractivity contribution in [3.05, 3.63) is 45.1 Å². The van der Waals surface area contributed by atoms with E-state index in [4.69, 9.17) is 16.3 Å². The highest BCUT2D eigenvalue weighted by molar-refractivity contribution is 7.89. The van der Waals surface area contributed by atoms with Crippen molar-refractivity contribution < 1.29 is 23.1 Å². The maximum Gasteiger partial charge on any atom is 0.244 e. The highest BCUT2D eigenvalue weighted by Crippen LogP contribution is 2.34. The maximum atomic E-state index is 12.9. The monoisotopic (exact) mass is 429 g/mol. The predicted molar refractivity (Wildman–Crippen MR) is 104 cm³/mol. The van der Waals surface area contributed by atoms with Crippen molar-refractivity contribution in [3.63, 3.8) is 0 Å². The first-order valence-corrected chi connectivity index (χ1v) is 11.1. The third kappa shape index (κ3) is 4.52. The van der Waals surface area contributed by atoms with Crippen molar-refractivity contribution in [1.82, 2.24) is 4.31 Å². The molecule has 2 aromatic rings. The number of thiophene rings is 1. The summed E-state index contributed by atoms with van der Waals surface area (Å²) in [6.45, 7) is -0.170. The molecule has 0 amide bonds. The fourth-order valence-electron chi connectivity index (χ4n) is 2.93. The lowest BCUT2D eigenvalue weighted by atomic mass is 9.98. The molecule has 9 heteroatoms. The Kier molecular flexibility index (Phi) is 6.22. The van der Waals surface area contributed by atoms with Gasteiger partial charge in [0, 0.05) is 30.4 Å². The van der Waals surface area contributed by atoms with Gasteiger partial charge in [0.2, 0.25) is 10.0 Å². The van der Waals surface area contributed by atoms with E-state index < -0.39 is 16.1 Å². The van der Waals surface area contributed by atoms with Gasteiger partial charge in [-0.2, -0.15) is 4.31 Å². The molecule has 0 bridgehead atoms. The Morgan fingerprint density at radius 2 is 2.00 bits per heavy atom. The number of halogens is 1. The second-order valence-corrected chi connectivity index (χ2v) is 9.72. The number of aliphatic hydroxyl groups excluding tert-OH is 1. The molecular formula is C18H20ClNO5S2. The molecule has 146 valence electrons. The molecule has 1 atom stereocenters. The Morgan fingerprint density at radius 3 is 2.70 bits per heavy atom. The van der Waals surface area contributed by atoms with E-state index in [1.165, 1.54) is 23.8 Å². The lowest BCUT2D eigenvalue weighted by Gasteiger charge is -2.22. The van der Waals surface area contributed by atoms with E-state index in [9.17, 15) is 18.3 Å². The number of aliphatic hydroxyl groups is 1. The van der Waals surface area contributed by atoms with Crippen LogP contribution in [0, 0.1) is 0 Å². The number of likely N-dealkylation sites (N-methyl/N-ethyl adjacent to an activating group) is 1. The highest BCUT2D eigenvalue weighted by atomic mass is 35.5. The average Bonchev–Trinajstić information content (AvgIpc) is 3.07. The summed E-state index contributed by atoms with van der Waals surface area (Å²) >= 11 is 6.98. The first-order chi connectivity index (χ1) is 12.8. The number of nitrogens with zero attached hydrogens (tertiary/aromatic N) is 1. The Morgan fingerprint density at radius 1 is 1.30 bits per heavy atom. The summed E-state index contributed by atoms with van der Waals surface area (Å²) in [4.78, 5) is 12.7. The van der Waals surface area contributed by atoms with Gasteiger partial charge in [-0.15, -0.1) is 11.3 Å². The van der Waals surface area contributed by atoms with Gasteiger partial charge in [-0.3, -0.25) is 4.79 Å². The molecule has 0 saturated heterocycles. The predicted octanol–water partition coefficient (Wildman–Crippen LogP) is 2.98. The SMILES string of the molecule is CN(CC(O)COc1ccc(Cl)cc1)S(=O)(=O)c1csc2c1CCCC2=O. The second kappa shape index (κ2) is 8.28. The van der Waals surface area contributed by atoms with Crippen molar-refractivity contribution in [1.29, 1.82) is 0 Å². The maximum absolute atomic E-state index is 12.9. The molecular weight excluding hydrogens is 410 g/mol. The molecule has 0 aliphatic heterocycles. The van der Waals surface area contributed by atoms with Crippen LogP contribution in [-0.2, 0) is 16.4 Å². The van der Waals surface area contributed by atoms with Gasteiger partial charge in [-0.25, -0.2) is 8.42 Å². The lowest BCUT2D eigenvalue weighted by molar-refractivity contribution is 0.0935. The molecule has 0 radical (unpaired) electrons. The molecule has 27 heavy (non-hydrogen) atoms. The fraction of sp³-hybridized carbons (Fsp3) is 0.389. The van der Waals surface area contributed by atoms with Gasteiger partial charge in [0.05, 0.1) is 9.77 Å². The van der Waals surface area contributed by atoms with Gasteiger partial charge in [0.15, 0.2) is 5.78 Å². The molecule has 0 fully saturated rings. The summed E-state index contributed by atoms with van der Waals surface area (Å²) in [5.41, 5.74) is 0.606. The number of hydrogen-bond donors (Lipinski definition) is 1. The Labute approximate surface area is 167 Å². The number of fused-ring (bicyclic) bond motifs is 1. The Hall–Kier alpha value is -1.45. The van der Waals surface area contributed by atoms with Gasteiger partial charge in [0.1, 0.15) is 18.5 Å². The number of carbonyl (C=O) groups is 1. The van der Waals surface area contributed by atoms with Crippen LogP contribution in [0.4, 0.5) is 0 Å². The minimum Gasteiger partial charge on any atom is -0.491 e. The van der Waals surface area contributed by atoms with Gasteiger partial charge < -0.3 is 9.84 Å². The molecule has 0 spiro atoms. The van der Waals surface area contributed by atoms with Crippen LogP contribution in [0.5, 0.6) is 5.75 Å². The molecule has 1 aromatic carbocycles. The van der Waals surface area contributed by atoms with Gasteiger partial charge >= 0.3 is 0 Å². The van der Waals surface area contributed by atoms with E-state index in [-0.39, 0.29) is 23.8 Å². The molecule has 0 saturated carbocycles. The molecule has 1 aliphatic rings. The van der Waals surface area contributed by atoms with Crippen molar-refractivity contribution in [3.8, 4) is 5.75 Å². The first-order valence-electron chi connectivity index (χ1n) is 8.45. The number of ketones is 1. The zero-order valence-electron chi connectivity index (χ0n) is 14.7. The lowest BCUT2D eigenvalue weighted by Crippen LogP contribution is -2.37. The van der Waals surface area contributed by atoms with E-state index in [2.05, 4.69) is 0 Å². The summed E-state index contributed by atoms with van der Waals surface area (Å²) in [5, 5.41) is 12.3. The minimum atomic E-state index is -3.79. The third-order valence-electron chi connectivity index (χ3n) is 4.35. The van der Waals surface area contributed by atoms with E-state index in [0.717, 1.165) is 4.31 Å². The standard InChI is InChI=1S/C18H20ClNO5S2/c1-20(9-13(21)10-25-14-7-5-12(19)6-8-14)27(23,24)17-11-26-18-15(17)3-2-4-16(18)22/h5-8,11,13,21H,2-4,9-10H2,1H3. The van der Waals surface area contributed by atoms with Crippen molar-refractivity contribution in [2.24, 2.45) is 0 Å². The minimum absolute atomic E-state index is 0.00162. The number of hydrogen-bond acceptors (Lipinski definition) is 6. The van der Waals surface area contributed by atoms with Crippen LogP contribution in [0.1, 0.15) is 28.1 Å². The summed E-state index contributed by atoms with van der Waals surface area (Å²) < 4.78 is 32.3. The van der Waals surface area contributed by atoms with Crippen LogP contribution < -0.4 is 4.74 Å². The number of carbonyl (C=O) groups excluding carboxylic acids is 1. The summed E-state index contributed by atoms with van der Waals surface area (Å²) in [7, 11) is -2.37. The molecule has 6 nitrogen and oxygen atoms in total. The van der Waals surface area contributed by atoms with E-state index in [1.807, 2.05) is 0 Å². The normalized spacial score (nSPS) is 15.6. The van der Waals surface area contributed by atoms with Gasteiger partial charge in [-0.1, -0.05) is 11.6 Å². The van der Waals surface area contributed by atoms with E-state index >= 15 is 0 Å². The molecule has 1 aliphatic carbocycles. The topological polar surface area (TPSA) is 83.9 Å². The molecule has 1 N–H and O–H groups in total. The largest absolute Gasteiger partial charge is 0.491 e. The van der Waals surface area contributed by atoms with Gasteiger partial charge in [0.25, 0.3) is 0 Å². The number of Topliss-reactive ketones (excluding diaryl/α,β-unsaturated/α-hetero) is 1. The fourth-order valence-corrected chi connectivity index (χ4v) is 5.93. The van der Waals surface area contributed by atoms with E-state index in [0.29, 0.717) is 40.5 Å². The van der Waals surface area contributed by atoms with Crippen LogP contribution in [-0.4, -0.2) is 49.9 Å². The average molecular weight is 430 g/mol. The van der Waals surface area contributed by atoms with Crippen molar-refractivity contribution in [2.75, 3.05) is 20.2 Å². The van der Waals surface area contributed by atoms with Crippen molar-refractivity contribution in [2.45, 2.75) is 30.3 Å². The Bertz CT molecular complexity index is 924. The smallest absolute Gasteiger partial charge is 0.244 e. The van der Waals surface area contributed by atoms with E-state index in [1.54, 1.807) is 24.3 Å². The summed E-state index contributed by atoms with van der Waals surface area (Å²) in [5.74, 6) is 0.538. The summed E-state index contributed by atoms with van der Waals surface area (Å²) in [6.07, 6.45) is 0.696. The van der Waals surface area contributed by atoms with Crippen LogP contribution in [0.3, 0.4) is 0 Å². The zero-order valence-corrected chi connectivity index (χ0v) is 17.1. The molecule has 1 heterocycles. The first kappa shape index (κ1) is 20.3. The zero-order chi connectivity index (χ0) is 19.6. The number of benzene rings is 1. The van der Waals surface area contributed by atoms with Gasteiger partial charge in [-0.05, 0) is 42.7 Å². The number of ether oxygens (including phenoxy) is 1. The highest BCUT2D eigenvalue weighted by Gasteiger charge is 2.31. The molecule has 1 aromatic heterocycles. The van der Waals surface area contributed by atoms with Crippen LogP contribution in [0.25, 0.3) is 0 Å². The Balaban J connectivity index is 1.65. The molecule has 1 unspecified atom stereocenters. The third-order valence-corrected chi connectivity index (χ3v) is 7.71. The van der Waals surface area contributed by atoms with Crippen LogP contribution in [0.2, 0.25) is 5.02 Å². The number of sulfonamides is 1. The van der Waals surface area contributed by atoms with Crippen molar-refractivity contribution >= 4 is 38.7 Å². The quantitative estimate of drug-likeness (QED) is 0.731. The van der Waals surface area contributed by atoms with Crippen LogP contribution in [0.15, 0.2) is 34.5 Å². The second-order valence-electron chi connectivity index (χ2n) is 6.39. The number of rotatable bonds is 7.